The Morgan fingerprint density at radius 2 is 1.89 bits per heavy atom. The number of sulfonamides is 1. The number of halogens is 1. The summed E-state index contributed by atoms with van der Waals surface area (Å²) in [4.78, 5) is 29.1. The molecule has 0 bridgehead atoms. The molecule has 1 aliphatic carbocycles. The molecule has 2 aliphatic heterocycles. The van der Waals surface area contributed by atoms with Crippen LogP contribution < -0.4 is 10.6 Å². The number of nitrogens with zero attached hydrogens (tertiary/aromatic N) is 2. The number of amides is 2. The Morgan fingerprint density at radius 3 is 2.50 bits per heavy atom. The lowest BCUT2D eigenvalue weighted by Crippen LogP contribution is -2.51. The summed E-state index contributed by atoms with van der Waals surface area (Å²) in [6.45, 7) is 5.92. The van der Waals surface area contributed by atoms with E-state index in [-0.39, 0.29) is 36.6 Å². The molecule has 1 saturated heterocycles. The average Bonchev–Trinajstić information content (AvgIpc) is 3.18. The Kier molecular flexibility index (Phi) is 8.62. The molecule has 10 heteroatoms. The fourth-order valence-corrected chi connectivity index (χ4v) is 7.46. The molecule has 1 spiro atoms. The van der Waals surface area contributed by atoms with Crippen molar-refractivity contribution in [2.45, 2.75) is 96.2 Å². The van der Waals surface area contributed by atoms with Gasteiger partial charge in [-0.05, 0) is 81.5 Å². The number of anilines is 1. The van der Waals surface area contributed by atoms with Gasteiger partial charge >= 0.3 is 0 Å². The molecule has 38 heavy (non-hydrogen) atoms. The van der Waals surface area contributed by atoms with Crippen LogP contribution in [0.4, 0.5) is 10.1 Å². The fourth-order valence-electron chi connectivity index (χ4n) is 5.99. The standard InChI is InChI=1S/C28H41FN4O4S/c1-4-5-11-27(29)12-8-23(9-13-27)25-31-26(35)28(32-25)14-16-33(17-15-28)38(36,37)18-10-22-6-7-24(19-20(22)2)30-21(3)34/h6-7,19,23H,4-5,8-18H2,1-3H3,(H,30,34)(H,31,32,35). The Labute approximate surface area is 225 Å². The minimum Gasteiger partial charge on any atom is -0.326 e. The summed E-state index contributed by atoms with van der Waals surface area (Å²) in [6.07, 6.45) is 5.92. The molecule has 1 aromatic carbocycles. The van der Waals surface area contributed by atoms with E-state index in [0.29, 0.717) is 62.9 Å². The van der Waals surface area contributed by atoms with Gasteiger partial charge in [-0.25, -0.2) is 17.1 Å². The maximum atomic E-state index is 15.1. The molecule has 2 amide bonds. The molecule has 1 saturated carbocycles. The zero-order valence-electron chi connectivity index (χ0n) is 22.8. The predicted molar refractivity (Wildman–Crippen MR) is 147 cm³/mol. The number of aryl methyl sites for hydroxylation is 2. The summed E-state index contributed by atoms with van der Waals surface area (Å²) < 4.78 is 42.8. The van der Waals surface area contributed by atoms with Gasteiger partial charge in [-0.15, -0.1) is 0 Å². The topological polar surface area (TPSA) is 108 Å². The molecule has 0 atom stereocenters. The van der Waals surface area contributed by atoms with Gasteiger partial charge in [0.15, 0.2) is 0 Å². The van der Waals surface area contributed by atoms with Crippen molar-refractivity contribution in [2.75, 3.05) is 24.2 Å². The van der Waals surface area contributed by atoms with E-state index in [2.05, 4.69) is 17.6 Å². The second-order valence-corrected chi connectivity index (χ2v) is 13.4. The minimum atomic E-state index is -3.50. The number of rotatable bonds is 9. The summed E-state index contributed by atoms with van der Waals surface area (Å²) in [6, 6.07) is 5.47. The van der Waals surface area contributed by atoms with Crippen LogP contribution >= 0.6 is 0 Å². The summed E-state index contributed by atoms with van der Waals surface area (Å²) in [7, 11) is -3.50. The van der Waals surface area contributed by atoms with Crippen LogP contribution in [0, 0.1) is 12.8 Å². The second-order valence-electron chi connectivity index (χ2n) is 11.3. The minimum absolute atomic E-state index is 0.0217. The summed E-state index contributed by atoms with van der Waals surface area (Å²) in [5, 5.41) is 5.71. The highest BCUT2D eigenvalue weighted by Gasteiger charge is 2.49. The van der Waals surface area contributed by atoms with Gasteiger partial charge < -0.3 is 10.6 Å². The number of benzene rings is 1. The molecule has 0 unspecified atom stereocenters. The fraction of sp³-hybridized carbons (Fsp3) is 0.679. The van der Waals surface area contributed by atoms with E-state index in [4.69, 9.17) is 4.99 Å². The zero-order valence-corrected chi connectivity index (χ0v) is 23.6. The number of hydrogen-bond acceptors (Lipinski definition) is 5. The van der Waals surface area contributed by atoms with Crippen molar-refractivity contribution in [2.24, 2.45) is 10.9 Å². The molecule has 210 valence electrons. The maximum absolute atomic E-state index is 15.1. The van der Waals surface area contributed by atoms with Crippen LogP contribution in [0.1, 0.15) is 82.8 Å². The van der Waals surface area contributed by atoms with E-state index in [1.165, 1.54) is 11.2 Å². The average molecular weight is 549 g/mol. The van der Waals surface area contributed by atoms with Crippen LogP contribution in [0.25, 0.3) is 0 Å². The van der Waals surface area contributed by atoms with E-state index >= 15 is 4.39 Å². The van der Waals surface area contributed by atoms with E-state index in [9.17, 15) is 18.0 Å². The molecule has 2 N–H and O–H groups in total. The Bertz CT molecular complexity index is 1180. The number of carbonyl (C=O) groups excluding carboxylic acids is 2. The lowest BCUT2D eigenvalue weighted by atomic mass is 9.77. The number of unbranched alkanes of at least 4 members (excludes halogenated alkanes) is 1. The first-order chi connectivity index (χ1) is 18.0. The van der Waals surface area contributed by atoms with Crippen molar-refractivity contribution in [3.63, 3.8) is 0 Å². The number of aliphatic imine (C=N–C) groups is 1. The quantitative estimate of drug-likeness (QED) is 0.480. The van der Waals surface area contributed by atoms with Gasteiger partial charge in [-0.1, -0.05) is 25.8 Å². The summed E-state index contributed by atoms with van der Waals surface area (Å²) in [5.41, 5.74) is 0.515. The van der Waals surface area contributed by atoms with Crippen molar-refractivity contribution >= 4 is 33.4 Å². The Balaban J connectivity index is 1.32. The molecule has 1 aromatic rings. The van der Waals surface area contributed by atoms with Crippen molar-refractivity contribution < 1.29 is 22.4 Å². The SMILES string of the molecule is CCCCC1(F)CCC(C2=NC3(CCN(S(=O)(=O)CCc4ccc(NC(C)=O)cc4C)CC3)C(=O)N2)CC1. The van der Waals surface area contributed by atoms with Gasteiger partial charge in [-0.3, -0.25) is 14.6 Å². The largest absolute Gasteiger partial charge is 0.326 e. The normalized spacial score (nSPS) is 25.7. The van der Waals surface area contributed by atoms with Crippen molar-refractivity contribution in [3.05, 3.63) is 29.3 Å². The highest BCUT2D eigenvalue weighted by Crippen LogP contribution is 2.41. The number of alkyl halides is 1. The predicted octanol–water partition coefficient (Wildman–Crippen LogP) is 4.28. The van der Waals surface area contributed by atoms with Crippen LogP contribution in [0.2, 0.25) is 0 Å². The monoisotopic (exact) mass is 548 g/mol. The first-order valence-electron chi connectivity index (χ1n) is 13.9. The Morgan fingerprint density at radius 1 is 1.21 bits per heavy atom. The number of amidine groups is 1. The van der Waals surface area contributed by atoms with Gasteiger partial charge in [-0.2, -0.15) is 0 Å². The summed E-state index contributed by atoms with van der Waals surface area (Å²) in [5.74, 6) is 0.403. The third kappa shape index (κ3) is 6.45. The Hall–Kier alpha value is -2.33. The van der Waals surface area contributed by atoms with Gasteiger partial charge in [0.2, 0.25) is 15.9 Å². The van der Waals surface area contributed by atoms with Gasteiger partial charge in [0.05, 0.1) is 5.75 Å². The van der Waals surface area contributed by atoms with Crippen LogP contribution in [0.3, 0.4) is 0 Å². The molecule has 2 fully saturated rings. The number of nitrogens with one attached hydrogen (secondary N) is 2. The van der Waals surface area contributed by atoms with Crippen molar-refractivity contribution in [1.82, 2.24) is 9.62 Å². The van der Waals surface area contributed by atoms with Gasteiger partial charge in [0.25, 0.3) is 5.91 Å². The molecule has 2 heterocycles. The van der Waals surface area contributed by atoms with Gasteiger partial charge in [0, 0.05) is 31.6 Å². The van der Waals surface area contributed by atoms with Gasteiger partial charge in [0.1, 0.15) is 17.0 Å². The van der Waals surface area contributed by atoms with E-state index < -0.39 is 21.2 Å². The number of carbonyl (C=O) groups is 2. The molecule has 3 aliphatic rings. The lowest BCUT2D eigenvalue weighted by molar-refractivity contribution is -0.125. The molecule has 4 rings (SSSR count). The van der Waals surface area contributed by atoms with E-state index in [1.54, 1.807) is 6.07 Å². The van der Waals surface area contributed by atoms with Crippen molar-refractivity contribution in [1.29, 1.82) is 0 Å². The smallest absolute Gasteiger partial charge is 0.253 e. The molecular weight excluding hydrogens is 507 g/mol. The van der Waals surface area contributed by atoms with Crippen molar-refractivity contribution in [3.8, 4) is 0 Å². The van der Waals surface area contributed by atoms with Crippen LogP contribution in [0.5, 0.6) is 0 Å². The third-order valence-corrected chi connectivity index (χ3v) is 10.4. The van der Waals surface area contributed by atoms with Crippen LogP contribution in [-0.4, -0.2) is 60.4 Å². The van der Waals surface area contributed by atoms with E-state index in [1.807, 2.05) is 19.1 Å². The number of piperidine rings is 1. The molecule has 0 aromatic heterocycles. The lowest BCUT2D eigenvalue weighted by Gasteiger charge is -2.35. The third-order valence-electron chi connectivity index (χ3n) is 8.48. The molecule has 0 radical (unpaired) electrons. The van der Waals surface area contributed by atoms with Crippen LogP contribution in [0.15, 0.2) is 23.2 Å². The zero-order chi connectivity index (χ0) is 27.6. The molecule has 8 nitrogen and oxygen atoms in total. The highest BCUT2D eigenvalue weighted by molar-refractivity contribution is 7.89. The molecular formula is C28H41FN4O4S. The second kappa shape index (κ2) is 11.4. The first kappa shape index (κ1) is 28.7. The maximum Gasteiger partial charge on any atom is 0.253 e. The number of hydrogen-bond donors (Lipinski definition) is 2. The van der Waals surface area contributed by atoms with Crippen LogP contribution in [-0.2, 0) is 26.0 Å². The summed E-state index contributed by atoms with van der Waals surface area (Å²) >= 11 is 0. The highest BCUT2D eigenvalue weighted by atomic mass is 32.2. The van der Waals surface area contributed by atoms with E-state index in [0.717, 1.165) is 24.0 Å². The first-order valence-corrected chi connectivity index (χ1v) is 15.5.